The van der Waals surface area contributed by atoms with E-state index in [1.54, 1.807) is 12.1 Å². The third-order valence-electron chi connectivity index (χ3n) is 2.93. The molecule has 1 aromatic heterocycles. The SMILES string of the molecule is Cc1ccc(-c2nnc(-c3ccc(Cl)cc3)o2)cc1Br. The second-order valence-corrected chi connectivity index (χ2v) is 5.67. The van der Waals surface area contributed by atoms with Crippen LogP contribution in [0.3, 0.4) is 0 Å². The zero-order chi connectivity index (χ0) is 14.1. The molecular formula is C15H10BrClN2O. The molecule has 3 nitrogen and oxygen atoms in total. The molecular weight excluding hydrogens is 340 g/mol. The Morgan fingerprint density at radius 1 is 0.950 bits per heavy atom. The molecule has 0 aliphatic carbocycles. The van der Waals surface area contributed by atoms with Crippen LogP contribution in [-0.2, 0) is 0 Å². The number of nitrogens with zero attached hydrogens (tertiary/aromatic N) is 2. The van der Waals surface area contributed by atoms with Crippen molar-refractivity contribution in [2.45, 2.75) is 6.92 Å². The highest BCUT2D eigenvalue weighted by atomic mass is 79.9. The summed E-state index contributed by atoms with van der Waals surface area (Å²) >= 11 is 9.36. The van der Waals surface area contributed by atoms with E-state index in [9.17, 15) is 0 Å². The topological polar surface area (TPSA) is 38.9 Å². The molecule has 3 aromatic rings. The Morgan fingerprint density at radius 3 is 2.20 bits per heavy atom. The molecule has 0 saturated heterocycles. The van der Waals surface area contributed by atoms with Crippen molar-refractivity contribution in [2.24, 2.45) is 0 Å². The van der Waals surface area contributed by atoms with Crippen molar-refractivity contribution in [1.82, 2.24) is 10.2 Å². The van der Waals surface area contributed by atoms with E-state index < -0.39 is 0 Å². The molecule has 0 unspecified atom stereocenters. The summed E-state index contributed by atoms with van der Waals surface area (Å²) < 4.78 is 6.72. The van der Waals surface area contributed by atoms with E-state index in [1.807, 2.05) is 37.3 Å². The van der Waals surface area contributed by atoms with Gasteiger partial charge >= 0.3 is 0 Å². The van der Waals surface area contributed by atoms with Gasteiger partial charge in [0.15, 0.2) is 0 Å². The second-order valence-electron chi connectivity index (χ2n) is 4.38. The summed E-state index contributed by atoms with van der Waals surface area (Å²) in [6, 6.07) is 13.2. The minimum absolute atomic E-state index is 0.480. The minimum atomic E-state index is 0.480. The lowest BCUT2D eigenvalue weighted by Crippen LogP contribution is -1.80. The fourth-order valence-corrected chi connectivity index (χ4v) is 2.28. The number of hydrogen-bond donors (Lipinski definition) is 0. The molecule has 0 saturated carbocycles. The zero-order valence-electron chi connectivity index (χ0n) is 10.6. The number of halogens is 2. The Hall–Kier alpha value is -1.65. The van der Waals surface area contributed by atoms with Gasteiger partial charge in [0.2, 0.25) is 11.8 Å². The highest BCUT2D eigenvalue weighted by Crippen LogP contribution is 2.27. The van der Waals surface area contributed by atoms with E-state index in [-0.39, 0.29) is 0 Å². The number of aryl methyl sites for hydroxylation is 1. The normalized spacial score (nSPS) is 10.8. The summed E-state index contributed by atoms with van der Waals surface area (Å²) in [5, 5.41) is 8.83. The lowest BCUT2D eigenvalue weighted by molar-refractivity contribution is 0.584. The largest absolute Gasteiger partial charge is 0.416 e. The van der Waals surface area contributed by atoms with Gasteiger partial charge in [0, 0.05) is 20.6 Å². The first-order valence-corrected chi connectivity index (χ1v) is 7.16. The Kier molecular flexibility index (Phi) is 3.59. The quantitative estimate of drug-likeness (QED) is 0.644. The Labute approximate surface area is 129 Å². The van der Waals surface area contributed by atoms with Crippen LogP contribution in [0.5, 0.6) is 0 Å². The molecule has 100 valence electrons. The molecule has 1 heterocycles. The monoisotopic (exact) mass is 348 g/mol. The van der Waals surface area contributed by atoms with Gasteiger partial charge in [-0.2, -0.15) is 0 Å². The van der Waals surface area contributed by atoms with Crippen molar-refractivity contribution in [3.8, 4) is 22.9 Å². The van der Waals surface area contributed by atoms with Crippen LogP contribution in [0.2, 0.25) is 5.02 Å². The maximum Gasteiger partial charge on any atom is 0.248 e. The summed E-state index contributed by atoms with van der Waals surface area (Å²) in [5.74, 6) is 0.976. The predicted octanol–water partition coefficient (Wildman–Crippen LogP) is 5.13. The average Bonchev–Trinajstić information content (AvgIpc) is 2.92. The van der Waals surface area contributed by atoms with Crippen LogP contribution in [0.15, 0.2) is 51.4 Å². The van der Waals surface area contributed by atoms with Crippen molar-refractivity contribution < 1.29 is 4.42 Å². The van der Waals surface area contributed by atoms with Gasteiger partial charge in [0.1, 0.15) is 0 Å². The Morgan fingerprint density at radius 2 is 1.55 bits per heavy atom. The molecule has 2 aromatic carbocycles. The maximum absolute atomic E-state index is 5.86. The molecule has 5 heteroatoms. The van der Waals surface area contributed by atoms with E-state index in [2.05, 4.69) is 26.1 Å². The standard InChI is InChI=1S/C15H10BrClN2O/c1-9-2-3-11(8-13(9)16)15-19-18-14(20-15)10-4-6-12(17)7-5-10/h2-8H,1H3. The molecule has 3 rings (SSSR count). The summed E-state index contributed by atoms with van der Waals surface area (Å²) in [7, 11) is 0. The fraction of sp³-hybridized carbons (Fsp3) is 0.0667. The molecule has 0 fully saturated rings. The van der Waals surface area contributed by atoms with E-state index in [0.29, 0.717) is 16.8 Å². The van der Waals surface area contributed by atoms with Gasteiger partial charge in [-0.05, 0) is 48.9 Å². The molecule has 0 radical (unpaired) electrons. The molecule has 0 atom stereocenters. The second kappa shape index (κ2) is 5.38. The van der Waals surface area contributed by atoms with Crippen LogP contribution >= 0.6 is 27.5 Å². The van der Waals surface area contributed by atoms with Gasteiger partial charge in [0.25, 0.3) is 0 Å². The number of benzene rings is 2. The minimum Gasteiger partial charge on any atom is -0.416 e. The van der Waals surface area contributed by atoms with Crippen molar-refractivity contribution >= 4 is 27.5 Å². The molecule has 0 bridgehead atoms. The van der Waals surface area contributed by atoms with Crippen molar-refractivity contribution in [3.63, 3.8) is 0 Å². The first-order valence-electron chi connectivity index (χ1n) is 5.99. The van der Waals surface area contributed by atoms with E-state index >= 15 is 0 Å². The highest BCUT2D eigenvalue weighted by molar-refractivity contribution is 9.10. The lowest BCUT2D eigenvalue weighted by Gasteiger charge is -1.99. The van der Waals surface area contributed by atoms with Crippen molar-refractivity contribution in [3.05, 3.63) is 57.5 Å². The van der Waals surface area contributed by atoms with Crippen LogP contribution < -0.4 is 0 Å². The van der Waals surface area contributed by atoms with Crippen LogP contribution in [0.1, 0.15) is 5.56 Å². The predicted molar refractivity (Wildman–Crippen MR) is 82.6 cm³/mol. The highest BCUT2D eigenvalue weighted by Gasteiger charge is 2.11. The first-order chi connectivity index (χ1) is 9.63. The van der Waals surface area contributed by atoms with Gasteiger partial charge in [-0.25, -0.2) is 0 Å². The molecule has 0 aliphatic heterocycles. The number of rotatable bonds is 2. The van der Waals surface area contributed by atoms with Crippen LogP contribution in [0.4, 0.5) is 0 Å². The molecule has 20 heavy (non-hydrogen) atoms. The van der Waals surface area contributed by atoms with Crippen LogP contribution in [-0.4, -0.2) is 10.2 Å². The van der Waals surface area contributed by atoms with E-state index in [0.717, 1.165) is 21.2 Å². The van der Waals surface area contributed by atoms with E-state index in [1.165, 1.54) is 0 Å². The zero-order valence-corrected chi connectivity index (χ0v) is 12.9. The number of aromatic nitrogens is 2. The molecule has 0 aliphatic rings. The lowest BCUT2D eigenvalue weighted by atomic mass is 10.1. The summed E-state index contributed by atoms with van der Waals surface area (Å²) in [6.07, 6.45) is 0. The smallest absolute Gasteiger partial charge is 0.248 e. The Balaban J connectivity index is 1.97. The first kappa shape index (κ1) is 13.3. The van der Waals surface area contributed by atoms with Gasteiger partial charge in [-0.15, -0.1) is 10.2 Å². The van der Waals surface area contributed by atoms with Gasteiger partial charge in [-0.1, -0.05) is 33.6 Å². The molecule has 0 N–H and O–H groups in total. The van der Waals surface area contributed by atoms with Crippen LogP contribution in [0.25, 0.3) is 22.9 Å². The van der Waals surface area contributed by atoms with E-state index in [4.69, 9.17) is 16.0 Å². The summed E-state index contributed by atoms with van der Waals surface area (Å²) in [6.45, 7) is 2.03. The Bertz CT molecular complexity index is 753. The van der Waals surface area contributed by atoms with Crippen LogP contribution in [0, 0.1) is 6.92 Å². The molecule has 0 amide bonds. The molecule has 0 spiro atoms. The maximum atomic E-state index is 5.86. The van der Waals surface area contributed by atoms with Gasteiger partial charge < -0.3 is 4.42 Å². The van der Waals surface area contributed by atoms with Crippen molar-refractivity contribution in [1.29, 1.82) is 0 Å². The summed E-state index contributed by atoms with van der Waals surface area (Å²) in [5.41, 5.74) is 2.89. The average molecular weight is 350 g/mol. The third-order valence-corrected chi connectivity index (χ3v) is 4.04. The third kappa shape index (κ3) is 2.62. The van der Waals surface area contributed by atoms with Gasteiger partial charge in [-0.3, -0.25) is 0 Å². The van der Waals surface area contributed by atoms with Crippen molar-refractivity contribution in [2.75, 3.05) is 0 Å². The summed E-state index contributed by atoms with van der Waals surface area (Å²) in [4.78, 5) is 0. The fourth-order valence-electron chi connectivity index (χ4n) is 1.77. The number of hydrogen-bond acceptors (Lipinski definition) is 3. The van der Waals surface area contributed by atoms with Gasteiger partial charge in [0.05, 0.1) is 0 Å².